The topological polar surface area (TPSA) is 88.4 Å². The van der Waals surface area contributed by atoms with Gasteiger partial charge in [0, 0.05) is 13.1 Å². The van der Waals surface area contributed by atoms with E-state index in [2.05, 4.69) is 15.6 Å². The molecule has 1 amide bonds. The number of hydrogen-bond acceptors (Lipinski definition) is 5. The number of aliphatic hydroxyl groups is 1. The van der Waals surface area contributed by atoms with Crippen molar-refractivity contribution in [1.29, 1.82) is 0 Å². The van der Waals surface area contributed by atoms with Gasteiger partial charge in [0.2, 0.25) is 11.9 Å². The number of ether oxygens (including phenoxy) is 1. The lowest BCUT2D eigenvalue weighted by atomic mass is 10.1. The summed E-state index contributed by atoms with van der Waals surface area (Å²) in [4.78, 5) is 17.0. The number of benzene rings is 2. The molecule has 1 unspecified atom stereocenters. The molecule has 148 valence electrons. The Bertz CT molecular complexity index is 919. The number of fused-ring (bicyclic) bond motifs is 1. The van der Waals surface area contributed by atoms with E-state index >= 15 is 0 Å². The zero-order chi connectivity index (χ0) is 19.9. The molecule has 28 heavy (non-hydrogen) atoms. The van der Waals surface area contributed by atoms with Gasteiger partial charge in [-0.1, -0.05) is 24.3 Å². The third-order valence-corrected chi connectivity index (χ3v) is 4.41. The van der Waals surface area contributed by atoms with E-state index in [1.807, 2.05) is 53.1 Å². The van der Waals surface area contributed by atoms with E-state index in [0.29, 0.717) is 19.0 Å². The van der Waals surface area contributed by atoms with Crippen molar-refractivity contribution in [2.45, 2.75) is 26.0 Å². The summed E-state index contributed by atoms with van der Waals surface area (Å²) < 4.78 is 6.99. The lowest BCUT2D eigenvalue weighted by Gasteiger charge is -2.12. The van der Waals surface area contributed by atoms with Gasteiger partial charge in [-0.05, 0) is 43.2 Å². The average molecular weight is 382 g/mol. The van der Waals surface area contributed by atoms with Crippen molar-refractivity contribution in [3.05, 3.63) is 54.1 Å². The van der Waals surface area contributed by atoms with Crippen LogP contribution in [0.1, 0.15) is 12.5 Å². The van der Waals surface area contributed by atoms with Crippen LogP contribution in [0.4, 0.5) is 5.95 Å². The number of anilines is 1. The van der Waals surface area contributed by atoms with Crippen LogP contribution in [0.5, 0.6) is 5.75 Å². The Morgan fingerprint density at radius 1 is 1.21 bits per heavy atom. The van der Waals surface area contributed by atoms with Gasteiger partial charge in [-0.2, -0.15) is 0 Å². The average Bonchev–Trinajstić information content (AvgIpc) is 3.04. The first-order valence-electron chi connectivity index (χ1n) is 9.33. The molecule has 3 aromatic rings. The molecule has 1 atom stereocenters. The summed E-state index contributed by atoms with van der Waals surface area (Å²) in [7, 11) is 1.64. The van der Waals surface area contributed by atoms with Crippen LogP contribution in [0.3, 0.4) is 0 Å². The lowest BCUT2D eigenvalue weighted by Crippen LogP contribution is -2.30. The molecule has 0 aliphatic heterocycles. The number of carbonyl (C=O) groups is 1. The summed E-state index contributed by atoms with van der Waals surface area (Å²) in [5, 5.41) is 15.6. The second-order valence-corrected chi connectivity index (χ2v) is 6.69. The quantitative estimate of drug-likeness (QED) is 0.528. The molecular weight excluding hydrogens is 356 g/mol. The number of hydrogen-bond donors (Lipinski definition) is 3. The smallest absolute Gasteiger partial charge is 0.240 e. The fraction of sp³-hybridized carbons (Fsp3) is 0.333. The molecule has 1 aromatic heterocycles. The molecule has 0 saturated carbocycles. The highest BCUT2D eigenvalue weighted by Crippen LogP contribution is 2.19. The van der Waals surface area contributed by atoms with E-state index in [9.17, 15) is 9.90 Å². The predicted octanol–water partition coefficient (Wildman–Crippen LogP) is 2.20. The zero-order valence-electron chi connectivity index (χ0n) is 16.2. The van der Waals surface area contributed by atoms with Crippen molar-refractivity contribution in [1.82, 2.24) is 14.9 Å². The first-order chi connectivity index (χ1) is 13.6. The predicted molar refractivity (Wildman–Crippen MR) is 110 cm³/mol. The summed E-state index contributed by atoms with van der Waals surface area (Å²) in [6.07, 6.45) is 0.236. The number of rotatable bonds is 9. The number of nitrogens with one attached hydrogen (secondary N) is 2. The Kier molecular flexibility index (Phi) is 6.49. The zero-order valence-corrected chi connectivity index (χ0v) is 16.2. The maximum absolute atomic E-state index is 12.5. The van der Waals surface area contributed by atoms with Crippen LogP contribution < -0.4 is 15.4 Å². The lowest BCUT2D eigenvalue weighted by molar-refractivity contribution is -0.121. The van der Waals surface area contributed by atoms with E-state index in [1.165, 1.54) is 0 Å². The number of imidazole rings is 1. The molecule has 0 saturated heterocycles. The van der Waals surface area contributed by atoms with Crippen LogP contribution >= 0.6 is 0 Å². The normalized spacial score (nSPS) is 12.0. The van der Waals surface area contributed by atoms with Crippen molar-refractivity contribution in [3.63, 3.8) is 0 Å². The first-order valence-corrected chi connectivity index (χ1v) is 9.33. The van der Waals surface area contributed by atoms with Gasteiger partial charge in [-0.15, -0.1) is 0 Å². The Balaban J connectivity index is 1.62. The van der Waals surface area contributed by atoms with Gasteiger partial charge >= 0.3 is 0 Å². The Morgan fingerprint density at radius 2 is 1.96 bits per heavy atom. The number of methoxy groups -OCH3 is 1. The molecule has 0 aliphatic rings. The Labute approximate surface area is 164 Å². The molecule has 0 radical (unpaired) electrons. The number of para-hydroxylation sites is 2. The third-order valence-electron chi connectivity index (χ3n) is 4.41. The molecular formula is C21H26N4O3. The van der Waals surface area contributed by atoms with Gasteiger partial charge in [0.05, 0.1) is 24.2 Å². The van der Waals surface area contributed by atoms with Crippen LogP contribution in [-0.2, 0) is 17.8 Å². The fourth-order valence-corrected chi connectivity index (χ4v) is 2.95. The second kappa shape index (κ2) is 9.23. The van der Waals surface area contributed by atoms with Crippen molar-refractivity contribution in [3.8, 4) is 5.75 Å². The van der Waals surface area contributed by atoms with E-state index in [1.54, 1.807) is 14.0 Å². The molecule has 2 aromatic carbocycles. The second-order valence-electron chi connectivity index (χ2n) is 6.69. The van der Waals surface area contributed by atoms with Gasteiger partial charge in [-0.3, -0.25) is 4.79 Å². The molecule has 0 fully saturated rings. The summed E-state index contributed by atoms with van der Waals surface area (Å²) in [6, 6.07) is 15.5. The van der Waals surface area contributed by atoms with Crippen molar-refractivity contribution >= 4 is 22.9 Å². The third kappa shape index (κ3) is 5.01. The molecule has 7 heteroatoms. The highest BCUT2D eigenvalue weighted by atomic mass is 16.5. The summed E-state index contributed by atoms with van der Waals surface area (Å²) in [5.41, 5.74) is 2.82. The maximum Gasteiger partial charge on any atom is 0.240 e. The fourth-order valence-electron chi connectivity index (χ4n) is 2.95. The van der Waals surface area contributed by atoms with Crippen molar-refractivity contribution in [2.24, 2.45) is 0 Å². The molecule has 7 nitrogen and oxygen atoms in total. The molecule has 3 rings (SSSR count). The largest absolute Gasteiger partial charge is 0.497 e. The van der Waals surface area contributed by atoms with Gasteiger partial charge in [-0.25, -0.2) is 4.98 Å². The molecule has 0 spiro atoms. The van der Waals surface area contributed by atoms with Crippen LogP contribution in [-0.4, -0.2) is 46.9 Å². The summed E-state index contributed by atoms with van der Waals surface area (Å²) in [5.74, 6) is 1.31. The van der Waals surface area contributed by atoms with Crippen molar-refractivity contribution in [2.75, 3.05) is 25.5 Å². The van der Waals surface area contributed by atoms with Crippen molar-refractivity contribution < 1.29 is 14.6 Å². The van der Waals surface area contributed by atoms with E-state index in [-0.39, 0.29) is 12.5 Å². The van der Waals surface area contributed by atoms with Crippen LogP contribution in [0, 0.1) is 0 Å². The van der Waals surface area contributed by atoms with E-state index < -0.39 is 6.10 Å². The molecule has 1 heterocycles. The number of aliphatic hydroxyl groups excluding tert-OH is 1. The van der Waals surface area contributed by atoms with Gasteiger partial charge < -0.3 is 25.0 Å². The maximum atomic E-state index is 12.5. The summed E-state index contributed by atoms with van der Waals surface area (Å²) in [6.45, 7) is 2.77. The molecule has 0 bridgehead atoms. The molecule has 0 aliphatic carbocycles. The summed E-state index contributed by atoms with van der Waals surface area (Å²) >= 11 is 0. The Morgan fingerprint density at radius 3 is 2.68 bits per heavy atom. The van der Waals surface area contributed by atoms with Gasteiger partial charge in [0.25, 0.3) is 0 Å². The minimum absolute atomic E-state index is 0.0863. The van der Waals surface area contributed by atoms with Gasteiger partial charge in [0.15, 0.2) is 0 Å². The SMILES string of the molecule is COc1ccc(CCNC(=O)Cn2c(NCC(C)O)nc3ccccc32)cc1. The monoisotopic (exact) mass is 382 g/mol. The Hall–Kier alpha value is -3.06. The number of carbonyl (C=O) groups excluding carboxylic acids is 1. The minimum Gasteiger partial charge on any atom is -0.497 e. The number of aromatic nitrogens is 2. The van der Waals surface area contributed by atoms with Crippen LogP contribution in [0.15, 0.2) is 48.5 Å². The highest BCUT2D eigenvalue weighted by molar-refractivity contribution is 5.83. The first kappa shape index (κ1) is 19.7. The number of amides is 1. The van der Waals surface area contributed by atoms with Gasteiger partial charge in [0.1, 0.15) is 12.3 Å². The minimum atomic E-state index is -0.508. The van der Waals surface area contributed by atoms with Crippen LogP contribution in [0.2, 0.25) is 0 Å². The van der Waals surface area contributed by atoms with E-state index in [0.717, 1.165) is 28.8 Å². The van der Waals surface area contributed by atoms with E-state index in [4.69, 9.17) is 4.74 Å². The molecule has 3 N–H and O–H groups in total. The van der Waals surface area contributed by atoms with Crippen LogP contribution in [0.25, 0.3) is 11.0 Å². The number of nitrogens with zero attached hydrogens (tertiary/aromatic N) is 2. The standard InChI is InChI=1S/C21H26N4O3/c1-15(26)13-23-21-24-18-5-3-4-6-19(18)25(21)14-20(27)22-12-11-16-7-9-17(28-2)10-8-16/h3-10,15,26H,11-14H2,1-2H3,(H,22,27)(H,23,24). The highest BCUT2D eigenvalue weighted by Gasteiger charge is 2.13.